The lowest BCUT2D eigenvalue weighted by molar-refractivity contribution is -0.140. The summed E-state index contributed by atoms with van der Waals surface area (Å²) < 4.78 is 0. The summed E-state index contributed by atoms with van der Waals surface area (Å²) in [4.78, 5) is 21.6. The number of hydrogen-bond donors (Lipinski definition) is 0. The first-order valence-corrected chi connectivity index (χ1v) is 2.30. The van der Waals surface area contributed by atoms with Gasteiger partial charge in [-0.25, -0.2) is 0 Å². The van der Waals surface area contributed by atoms with Crippen molar-refractivity contribution < 1.29 is 9.59 Å². The van der Waals surface area contributed by atoms with Gasteiger partial charge in [0.05, 0.1) is 0 Å². The van der Waals surface area contributed by atoms with Crippen LogP contribution in [0, 0.1) is 0 Å². The molecule has 0 N–H and O–H groups in total. The molecular formula is C6H13NO2. The molecular weight excluding hydrogens is 118 g/mol. The molecule has 0 unspecified atom stereocenters. The van der Waals surface area contributed by atoms with Crippen molar-refractivity contribution in [1.82, 2.24) is 4.90 Å². The van der Waals surface area contributed by atoms with Gasteiger partial charge in [-0.2, -0.15) is 0 Å². The highest BCUT2D eigenvalue weighted by Crippen LogP contribution is 1.81. The highest BCUT2D eigenvalue weighted by atomic mass is 16.2. The second-order valence-electron chi connectivity index (χ2n) is 1.60. The number of carbonyl (C=O) groups is 2. The Balaban J connectivity index is 0. The molecule has 0 aromatic rings. The lowest BCUT2D eigenvalue weighted by atomic mass is 10.5. The Morgan fingerprint density at radius 1 is 1.11 bits per heavy atom. The highest BCUT2D eigenvalue weighted by Gasteiger charge is 2.04. The van der Waals surface area contributed by atoms with Gasteiger partial charge in [-0.15, -0.1) is 0 Å². The zero-order valence-electron chi connectivity index (χ0n) is 5.26. The highest BCUT2D eigenvalue weighted by molar-refractivity contribution is 5.92. The lowest BCUT2D eigenvalue weighted by Crippen LogP contribution is -2.28. The van der Waals surface area contributed by atoms with Gasteiger partial charge < -0.3 is 0 Å². The maximum Gasteiger partial charge on any atom is 0.225 e. The average Bonchev–Trinajstić information content (AvgIpc) is 1.64. The Bertz CT molecular complexity index is 106. The molecule has 2 amide bonds. The van der Waals surface area contributed by atoms with Crippen LogP contribution in [-0.4, -0.2) is 23.8 Å². The summed E-state index contributed by atoms with van der Waals surface area (Å²) in [5.41, 5.74) is 0. The second kappa shape index (κ2) is 4.06. The first-order chi connectivity index (χ1) is 3.55. The van der Waals surface area contributed by atoms with Crippen molar-refractivity contribution in [3.05, 3.63) is 0 Å². The van der Waals surface area contributed by atoms with E-state index in [1.165, 1.54) is 20.9 Å². The van der Waals surface area contributed by atoms with Gasteiger partial charge >= 0.3 is 0 Å². The molecule has 0 aliphatic heterocycles. The minimum absolute atomic E-state index is 0. The number of rotatable bonds is 0. The van der Waals surface area contributed by atoms with Crippen LogP contribution in [0.4, 0.5) is 0 Å². The summed E-state index contributed by atoms with van der Waals surface area (Å²) in [6.45, 7) is 2.70. The Hall–Kier alpha value is -0.860. The van der Waals surface area contributed by atoms with Crippen LogP contribution >= 0.6 is 0 Å². The number of hydrogen-bond acceptors (Lipinski definition) is 2. The summed E-state index contributed by atoms with van der Waals surface area (Å²) in [6, 6.07) is 0. The third kappa shape index (κ3) is 3.70. The molecule has 0 aromatic heterocycles. The van der Waals surface area contributed by atoms with E-state index in [9.17, 15) is 9.59 Å². The molecule has 54 valence electrons. The summed E-state index contributed by atoms with van der Waals surface area (Å²) >= 11 is 0. The van der Waals surface area contributed by atoms with Crippen molar-refractivity contribution in [3.63, 3.8) is 0 Å². The largest absolute Gasteiger partial charge is 0.286 e. The van der Waals surface area contributed by atoms with E-state index in [-0.39, 0.29) is 19.2 Å². The summed E-state index contributed by atoms with van der Waals surface area (Å²) in [5, 5.41) is 0. The van der Waals surface area contributed by atoms with Gasteiger partial charge in [-0.1, -0.05) is 7.43 Å². The zero-order valence-corrected chi connectivity index (χ0v) is 5.26. The number of amides is 2. The van der Waals surface area contributed by atoms with E-state index in [1.807, 2.05) is 0 Å². The summed E-state index contributed by atoms with van der Waals surface area (Å²) in [6.07, 6.45) is 0. The predicted molar refractivity (Wildman–Crippen MR) is 35.9 cm³/mol. The zero-order chi connectivity index (χ0) is 6.73. The number of nitrogens with zero attached hydrogens (tertiary/aromatic N) is 1. The minimum Gasteiger partial charge on any atom is -0.286 e. The monoisotopic (exact) mass is 131 g/mol. The molecule has 0 radical (unpaired) electrons. The normalized spacial score (nSPS) is 7.44. The fourth-order valence-electron chi connectivity index (χ4n) is 0.222. The summed E-state index contributed by atoms with van der Waals surface area (Å²) in [7, 11) is 1.45. The smallest absolute Gasteiger partial charge is 0.225 e. The second-order valence-corrected chi connectivity index (χ2v) is 1.60. The van der Waals surface area contributed by atoms with Gasteiger partial charge in [0.1, 0.15) is 0 Å². The maximum absolute atomic E-state index is 10.3. The minimum atomic E-state index is -0.225. The van der Waals surface area contributed by atoms with E-state index < -0.39 is 0 Å². The van der Waals surface area contributed by atoms with E-state index in [0.717, 1.165) is 4.90 Å². The first-order valence-electron chi connectivity index (χ1n) is 2.30. The Morgan fingerprint density at radius 3 is 1.33 bits per heavy atom. The van der Waals surface area contributed by atoms with E-state index in [4.69, 9.17) is 0 Å². The molecule has 0 atom stereocenters. The van der Waals surface area contributed by atoms with Crippen LogP contribution in [0.5, 0.6) is 0 Å². The van der Waals surface area contributed by atoms with Crippen LogP contribution in [0.3, 0.4) is 0 Å². The van der Waals surface area contributed by atoms with Gasteiger partial charge in [0.25, 0.3) is 0 Å². The maximum atomic E-state index is 10.3. The molecule has 0 heterocycles. The van der Waals surface area contributed by atoms with Crippen molar-refractivity contribution in [2.24, 2.45) is 0 Å². The Morgan fingerprint density at radius 2 is 1.33 bits per heavy atom. The van der Waals surface area contributed by atoms with Crippen molar-refractivity contribution >= 4 is 11.8 Å². The molecule has 0 saturated carbocycles. The Labute approximate surface area is 55.7 Å². The lowest BCUT2D eigenvalue weighted by Gasteiger charge is -2.07. The number of imide groups is 1. The third-order valence-electron chi connectivity index (χ3n) is 0.945. The fourth-order valence-corrected chi connectivity index (χ4v) is 0.222. The standard InChI is InChI=1S/C5H9NO2.CH4/c1-4(7)6(3)5(2)8;/h1-3H3;1H4. The molecule has 3 nitrogen and oxygen atoms in total. The molecule has 0 rings (SSSR count). The molecule has 0 aliphatic rings. The molecule has 0 saturated heterocycles. The fraction of sp³-hybridized carbons (Fsp3) is 0.667. The predicted octanol–water partition coefficient (Wildman–Crippen LogP) is 0.647. The number of carbonyl (C=O) groups excluding carboxylic acids is 2. The molecule has 9 heavy (non-hydrogen) atoms. The van der Waals surface area contributed by atoms with Crippen molar-refractivity contribution in [2.45, 2.75) is 21.3 Å². The molecule has 3 heteroatoms. The van der Waals surface area contributed by atoms with Crippen molar-refractivity contribution in [2.75, 3.05) is 7.05 Å². The molecule has 0 aliphatic carbocycles. The van der Waals surface area contributed by atoms with E-state index in [1.54, 1.807) is 0 Å². The molecule has 0 fully saturated rings. The Kier molecular flexibility index (Phi) is 4.97. The van der Waals surface area contributed by atoms with Gasteiger partial charge in [0, 0.05) is 20.9 Å². The van der Waals surface area contributed by atoms with E-state index in [0.29, 0.717) is 0 Å². The van der Waals surface area contributed by atoms with Crippen molar-refractivity contribution in [3.8, 4) is 0 Å². The van der Waals surface area contributed by atoms with Crippen LogP contribution in [0.2, 0.25) is 0 Å². The van der Waals surface area contributed by atoms with Crippen LogP contribution < -0.4 is 0 Å². The molecule has 0 spiro atoms. The van der Waals surface area contributed by atoms with Crippen LogP contribution in [0.15, 0.2) is 0 Å². The van der Waals surface area contributed by atoms with Gasteiger partial charge in [0.2, 0.25) is 11.8 Å². The average molecular weight is 131 g/mol. The molecule has 0 bridgehead atoms. The first kappa shape index (κ1) is 11.0. The molecule has 0 aromatic carbocycles. The quantitative estimate of drug-likeness (QED) is 0.484. The van der Waals surface area contributed by atoms with Crippen LogP contribution in [-0.2, 0) is 9.59 Å². The van der Waals surface area contributed by atoms with Crippen LogP contribution in [0.1, 0.15) is 21.3 Å². The van der Waals surface area contributed by atoms with E-state index in [2.05, 4.69) is 0 Å². The van der Waals surface area contributed by atoms with Gasteiger partial charge in [-0.05, 0) is 0 Å². The van der Waals surface area contributed by atoms with Gasteiger partial charge in [0.15, 0.2) is 0 Å². The third-order valence-corrected chi connectivity index (χ3v) is 0.945. The van der Waals surface area contributed by atoms with E-state index >= 15 is 0 Å². The topological polar surface area (TPSA) is 37.4 Å². The SMILES string of the molecule is C.CC(=O)N(C)C(C)=O. The van der Waals surface area contributed by atoms with Crippen LogP contribution in [0.25, 0.3) is 0 Å². The summed E-state index contributed by atoms with van der Waals surface area (Å²) in [5.74, 6) is -0.449. The van der Waals surface area contributed by atoms with Crippen molar-refractivity contribution in [1.29, 1.82) is 0 Å². The van der Waals surface area contributed by atoms with Gasteiger partial charge in [-0.3, -0.25) is 14.5 Å².